The molecule has 1 amide bonds. The third kappa shape index (κ3) is 5.56. The number of aromatic nitrogens is 1. The molecule has 0 spiro atoms. The number of carbonyl (C=O) groups is 1. The lowest BCUT2D eigenvalue weighted by Crippen LogP contribution is -2.10. The summed E-state index contributed by atoms with van der Waals surface area (Å²) in [5, 5.41) is 14.1. The minimum Gasteiger partial charge on any atom is -0.302 e. The van der Waals surface area contributed by atoms with Crippen molar-refractivity contribution in [2.24, 2.45) is 0 Å². The second kappa shape index (κ2) is 9.32. The largest absolute Gasteiger partial charge is 0.302 e. The number of carbonyl (C=O) groups excluding carboxylic acids is 1. The summed E-state index contributed by atoms with van der Waals surface area (Å²) in [4.78, 5) is 26.6. The number of nitro benzene ring substituents is 1. The van der Waals surface area contributed by atoms with Crippen LogP contribution in [0.1, 0.15) is 58.3 Å². The van der Waals surface area contributed by atoms with Gasteiger partial charge in [-0.05, 0) is 12.5 Å². The van der Waals surface area contributed by atoms with E-state index >= 15 is 0 Å². The lowest BCUT2D eigenvalue weighted by Gasteiger charge is -2.02. The van der Waals surface area contributed by atoms with Crippen LogP contribution < -0.4 is 5.32 Å². The number of non-ortho nitro benzene ring substituents is 1. The molecule has 24 heavy (non-hydrogen) atoms. The minimum atomic E-state index is -0.433. The highest BCUT2D eigenvalue weighted by Gasteiger charge is 2.11. The number of fused-ring (bicyclic) bond motifs is 1. The van der Waals surface area contributed by atoms with E-state index in [0.717, 1.165) is 12.8 Å². The molecule has 0 aliphatic carbocycles. The van der Waals surface area contributed by atoms with E-state index in [-0.39, 0.29) is 11.6 Å². The fourth-order valence-corrected chi connectivity index (χ4v) is 3.42. The van der Waals surface area contributed by atoms with Gasteiger partial charge in [-0.25, -0.2) is 4.98 Å². The minimum absolute atomic E-state index is 0.0344. The average molecular weight is 349 g/mol. The molecule has 0 atom stereocenters. The quantitative estimate of drug-likeness (QED) is 0.359. The van der Waals surface area contributed by atoms with Crippen molar-refractivity contribution in [2.75, 3.05) is 5.32 Å². The summed E-state index contributed by atoms with van der Waals surface area (Å²) >= 11 is 1.26. The van der Waals surface area contributed by atoms with Gasteiger partial charge in [-0.1, -0.05) is 56.8 Å². The molecule has 6 nitrogen and oxygen atoms in total. The molecule has 0 unspecified atom stereocenters. The van der Waals surface area contributed by atoms with E-state index in [1.807, 2.05) is 0 Å². The molecule has 130 valence electrons. The zero-order chi connectivity index (χ0) is 17.4. The maximum atomic E-state index is 11.9. The Kier molecular flexibility index (Phi) is 7.11. The van der Waals surface area contributed by atoms with Gasteiger partial charge in [-0.3, -0.25) is 14.9 Å². The van der Waals surface area contributed by atoms with Crippen molar-refractivity contribution in [1.82, 2.24) is 4.98 Å². The van der Waals surface area contributed by atoms with E-state index in [4.69, 9.17) is 0 Å². The number of hydrogen-bond acceptors (Lipinski definition) is 5. The zero-order valence-corrected chi connectivity index (χ0v) is 14.7. The Balaban J connectivity index is 1.77. The number of unbranched alkanes of at least 4 members (excludes halogenated alkanes) is 6. The highest BCUT2D eigenvalue weighted by atomic mass is 32.1. The molecule has 0 radical (unpaired) electrons. The molecule has 0 aliphatic rings. The third-order valence-electron chi connectivity index (χ3n) is 3.84. The number of nitrogens with zero attached hydrogens (tertiary/aromatic N) is 2. The van der Waals surface area contributed by atoms with Crippen LogP contribution in [-0.4, -0.2) is 15.8 Å². The van der Waals surface area contributed by atoms with Crippen LogP contribution in [0.3, 0.4) is 0 Å². The molecular formula is C17H23N3O3S. The predicted molar refractivity (Wildman–Crippen MR) is 97.5 cm³/mol. The zero-order valence-electron chi connectivity index (χ0n) is 13.9. The Morgan fingerprint density at radius 2 is 1.92 bits per heavy atom. The van der Waals surface area contributed by atoms with Crippen molar-refractivity contribution in [3.8, 4) is 0 Å². The molecular weight excluding hydrogens is 326 g/mol. The molecule has 1 N–H and O–H groups in total. The molecule has 0 aliphatic heterocycles. The lowest BCUT2D eigenvalue weighted by molar-refractivity contribution is -0.384. The number of anilines is 1. The fraction of sp³-hybridized carbons (Fsp3) is 0.529. The monoisotopic (exact) mass is 349 g/mol. The summed E-state index contributed by atoms with van der Waals surface area (Å²) in [5.41, 5.74) is 0.698. The molecule has 0 fully saturated rings. The van der Waals surface area contributed by atoms with Crippen LogP contribution in [-0.2, 0) is 4.79 Å². The van der Waals surface area contributed by atoms with E-state index in [1.165, 1.54) is 55.6 Å². The summed E-state index contributed by atoms with van der Waals surface area (Å²) in [7, 11) is 0. The number of benzene rings is 1. The van der Waals surface area contributed by atoms with Crippen LogP contribution in [0.5, 0.6) is 0 Å². The van der Waals surface area contributed by atoms with Crippen LogP contribution in [0.15, 0.2) is 18.2 Å². The van der Waals surface area contributed by atoms with Crippen molar-refractivity contribution >= 4 is 38.3 Å². The number of nitro groups is 1. The van der Waals surface area contributed by atoms with E-state index in [1.54, 1.807) is 6.07 Å². The highest BCUT2D eigenvalue weighted by molar-refractivity contribution is 7.22. The van der Waals surface area contributed by atoms with Gasteiger partial charge in [0.2, 0.25) is 5.91 Å². The van der Waals surface area contributed by atoms with Gasteiger partial charge in [0, 0.05) is 18.6 Å². The number of thiazole rings is 1. The Morgan fingerprint density at radius 3 is 2.62 bits per heavy atom. The normalized spacial score (nSPS) is 10.9. The Morgan fingerprint density at radius 1 is 1.21 bits per heavy atom. The predicted octanol–water partition coefficient (Wildman–Crippen LogP) is 5.28. The van der Waals surface area contributed by atoms with Crippen LogP contribution in [0, 0.1) is 10.1 Å². The summed E-state index contributed by atoms with van der Waals surface area (Å²) < 4.78 is 0.704. The highest BCUT2D eigenvalue weighted by Crippen LogP contribution is 2.29. The van der Waals surface area contributed by atoms with Crippen molar-refractivity contribution in [2.45, 2.75) is 58.3 Å². The van der Waals surface area contributed by atoms with Crippen molar-refractivity contribution in [1.29, 1.82) is 0 Å². The van der Waals surface area contributed by atoms with Gasteiger partial charge in [0.1, 0.15) is 0 Å². The summed E-state index contributed by atoms with van der Waals surface area (Å²) in [6, 6.07) is 4.51. The fourth-order valence-electron chi connectivity index (χ4n) is 2.50. The van der Waals surface area contributed by atoms with Gasteiger partial charge in [-0.15, -0.1) is 0 Å². The maximum Gasteiger partial charge on any atom is 0.270 e. The number of amides is 1. The smallest absolute Gasteiger partial charge is 0.270 e. The maximum absolute atomic E-state index is 11.9. The van der Waals surface area contributed by atoms with Crippen LogP contribution in [0.4, 0.5) is 10.8 Å². The van der Waals surface area contributed by atoms with E-state index in [0.29, 0.717) is 21.8 Å². The number of nitrogens with one attached hydrogen (secondary N) is 1. The van der Waals surface area contributed by atoms with E-state index < -0.39 is 4.92 Å². The second-order valence-electron chi connectivity index (χ2n) is 5.85. The first-order chi connectivity index (χ1) is 11.6. The average Bonchev–Trinajstić information content (AvgIpc) is 2.95. The molecule has 1 aromatic heterocycles. The summed E-state index contributed by atoms with van der Waals surface area (Å²) in [6.45, 7) is 2.20. The van der Waals surface area contributed by atoms with Crippen LogP contribution >= 0.6 is 11.3 Å². The van der Waals surface area contributed by atoms with Crippen molar-refractivity contribution < 1.29 is 9.72 Å². The van der Waals surface area contributed by atoms with Gasteiger partial charge in [0.25, 0.3) is 5.69 Å². The van der Waals surface area contributed by atoms with Gasteiger partial charge in [0.05, 0.1) is 15.1 Å². The Hall–Kier alpha value is -2.02. The van der Waals surface area contributed by atoms with Gasteiger partial charge in [-0.2, -0.15) is 0 Å². The topological polar surface area (TPSA) is 85.1 Å². The van der Waals surface area contributed by atoms with Gasteiger partial charge >= 0.3 is 0 Å². The summed E-state index contributed by atoms with van der Waals surface area (Å²) in [6.07, 6.45) is 8.68. The SMILES string of the molecule is CCCCCCCCCC(=O)Nc1nc2ccc([N+](=O)[O-])cc2s1. The van der Waals surface area contributed by atoms with E-state index in [2.05, 4.69) is 17.2 Å². The lowest BCUT2D eigenvalue weighted by atomic mass is 10.1. The molecule has 0 bridgehead atoms. The Labute approximate surface area is 145 Å². The molecule has 2 aromatic rings. The standard InChI is InChI=1S/C17H23N3O3S/c1-2-3-4-5-6-7-8-9-16(21)19-17-18-14-11-10-13(20(22)23)12-15(14)24-17/h10-12H,2-9H2,1H3,(H,18,19,21). The van der Waals surface area contributed by atoms with Crippen molar-refractivity contribution in [3.05, 3.63) is 28.3 Å². The van der Waals surface area contributed by atoms with Gasteiger partial charge in [0.15, 0.2) is 5.13 Å². The molecule has 7 heteroatoms. The molecule has 2 rings (SSSR count). The molecule has 0 saturated carbocycles. The number of rotatable bonds is 10. The molecule has 0 saturated heterocycles. The number of hydrogen-bond donors (Lipinski definition) is 1. The van der Waals surface area contributed by atoms with Crippen LogP contribution in [0.25, 0.3) is 10.2 Å². The first-order valence-corrected chi connectivity index (χ1v) is 9.26. The molecule has 1 heterocycles. The second-order valence-corrected chi connectivity index (χ2v) is 6.88. The Bertz CT molecular complexity index is 699. The van der Waals surface area contributed by atoms with Crippen molar-refractivity contribution in [3.63, 3.8) is 0 Å². The molecule has 1 aromatic carbocycles. The van der Waals surface area contributed by atoms with Crippen LogP contribution in [0.2, 0.25) is 0 Å². The van der Waals surface area contributed by atoms with E-state index in [9.17, 15) is 14.9 Å². The first-order valence-electron chi connectivity index (χ1n) is 8.45. The summed E-state index contributed by atoms with van der Waals surface area (Å²) in [5.74, 6) is -0.0443. The first kappa shape index (κ1) is 18.3. The third-order valence-corrected chi connectivity index (χ3v) is 4.77. The van der Waals surface area contributed by atoms with Gasteiger partial charge < -0.3 is 5.32 Å².